The Morgan fingerprint density at radius 2 is 2.30 bits per heavy atom. The van der Waals surface area contributed by atoms with Gasteiger partial charge in [0.25, 0.3) is 0 Å². The molecule has 2 aromatic rings. The quantitative estimate of drug-likeness (QED) is 0.887. The molecule has 1 unspecified atom stereocenters. The first-order chi connectivity index (χ1) is 9.78. The van der Waals surface area contributed by atoms with Crippen molar-refractivity contribution in [2.45, 2.75) is 31.3 Å². The minimum absolute atomic E-state index is 0.260. The Morgan fingerprint density at radius 1 is 1.45 bits per heavy atom. The molecule has 20 heavy (non-hydrogen) atoms. The summed E-state index contributed by atoms with van der Waals surface area (Å²) in [6, 6.07) is 9.21. The van der Waals surface area contributed by atoms with E-state index in [0.29, 0.717) is 6.54 Å². The maximum absolute atomic E-state index is 6.02. The van der Waals surface area contributed by atoms with Crippen LogP contribution >= 0.6 is 11.3 Å². The van der Waals surface area contributed by atoms with Gasteiger partial charge in [-0.15, -0.1) is 11.3 Å². The number of benzene rings is 1. The van der Waals surface area contributed by atoms with Gasteiger partial charge in [-0.25, -0.2) is 4.98 Å². The molecular formula is C16H21N3S. The van der Waals surface area contributed by atoms with Gasteiger partial charge in [-0.2, -0.15) is 0 Å². The highest BCUT2D eigenvalue weighted by atomic mass is 32.1. The van der Waals surface area contributed by atoms with Gasteiger partial charge in [-0.05, 0) is 36.9 Å². The molecule has 0 saturated heterocycles. The third-order valence-corrected chi connectivity index (χ3v) is 4.63. The lowest BCUT2D eigenvalue weighted by molar-refractivity contribution is 0.239. The van der Waals surface area contributed by atoms with Crippen molar-refractivity contribution < 1.29 is 0 Å². The van der Waals surface area contributed by atoms with Gasteiger partial charge in [0, 0.05) is 24.5 Å². The number of likely N-dealkylation sites (N-methyl/N-ethyl adjacent to an activating group) is 1. The van der Waals surface area contributed by atoms with E-state index in [2.05, 4.69) is 46.6 Å². The largest absolute Gasteiger partial charge is 0.329 e. The average molecular weight is 287 g/mol. The summed E-state index contributed by atoms with van der Waals surface area (Å²) in [5.74, 6) is 0.789. The number of rotatable bonds is 6. The number of nitrogens with zero attached hydrogens (tertiary/aromatic N) is 2. The van der Waals surface area contributed by atoms with Crippen LogP contribution < -0.4 is 5.73 Å². The van der Waals surface area contributed by atoms with E-state index in [1.807, 2.05) is 5.51 Å². The Balaban J connectivity index is 1.76. The SMILES string of the molecule is CN(Cc1cscn1)C(CN)c1cccc(C2CC2)c1. The van der Waals surface area contributed by atoms with E-state index < -0.39 is 0 Å². The number of thiazole rings is 1. The van der Waals surface area contributed by atoms with Crippen molar-refractivity contribution >= 4 is 11.3 Å². The van der Waals surface area contributed by atoms with Crippen LogP contribution in [-0.4, -0.2) is 23.5 Å². The van der Waals surface area contributed by atoms with E-state index in [0.717, 1.165) is 18.2 Å². The van der Waals surface area contributed by atoms with Crippen LogP contribution in [0.5, 0.6) is 0 Å². The first-order valence-electron chi connectivity index (χ1n) is 7.15. The monoisotopic (exact) mass is 287 g/mol. The zero-order valence-electron chi connectivity index (χ0n) is 11.8. The molecule has 1 fully saturated rings. The molecule has 1 saturated carbocycles. The second-order valence-electron chi connectivity index (χ2n) is 5.59. The lowest BCUT2D eigenvalue weighted by atomic mass is 10.0. The molecule has 1 aliphatic rings. The summed E-state index contributed by atoms with van der Waals surface area (Å²) in [5, 5.41) is 2.10. The molecule has 0 spiro atoms. The summed E-state index contributed by atoms with van der Waals surface area (Å²) < 4.78 is 0. The summed E-state index contributed by atoms with van der Waals surface area (Å²) in [6.45, 7) is 1.48. The fraction of sp³-hybridized carbons (Fsp3) is 0.438. The van der Waals surface area contributed by atoms with Crippen molar-refractivity contribution in [1.82, 2.24) is 9.88 Å². The van der Waals surface area contributed by atoms with Crippen LogP contribution in [0, 0.1) is 0 Å². The fourth-order valence-electron chi connectivity index (χ4n) is 2.69. The smallest absolute Gasteiger partial charge is 0.0795 e. The van der Waals surface area contributed by atoms with Crippen molar-refractivity contribution in [3.8, 4) is 0 Å². The molecule has 4 heteroatoms. The highest BCUT2D eigenvalue weighted by molar-refractivity contribution is 7.07. The molecule has 106 valence electrons. The fourth-order valence-corrected chi connectivity index (χ4v) is 3.24. The summed E-state index contributed by atoms with van der Waals surface area (Å²) in [4.78, 5) is 6.65. The van der Waals surface area contributed by atoms with Crippen molar-refractivity contribution in [1.29, 1.82) is 0 Å². The molecule has 0 amide bonds. The third-order valence-electron chi connectivity index (χ3n) is 3.99. The molecule has 3 nitrogen and oxygen atoms in total. The van der Waals surface area contributed by atoms with Crippen LogP contribution in [-0.2, 0) is 6.54 Å². The van der Waals surface area contributed by atoms with E-state index in [1.165, 1.54) is 24.0 Å². The summed E-state index contributed by atoms with van der Waals surface area (Å²) in [5.41, 5.74) is 11.8. The maximum Gasteiger partial charge on any atom is 0.0795 e. The highest BCUT2D eigenvalue weighted by Gasteiger charge is 2.24. The van der Waals surface area contributed by atoms with Crippen molar-refractivity contribution in [3.05, 3.63) is 52.0 Å². The number of nitrogens with two attached hydrogens (primary N) is 1. The Hall–Kier alpha value is -1.23. The predicted octanol–water partition coefficient (Wildman–Crippen LogP) is 3.15. The summed E-state index contributed by atoms with van der Waals surface area (Å²) in [6.07, 6.45) is 2.68. The van der Waals surface area contributed by atoms with Gasteiger partial charge in [0.2, 0.25) is 0 Å². The maximum atomic E-state index is 6.02. The van der Waals surface area contributed by atoms with E-state index >= 15 is 0 Å². The van der Waals surface area contributed by atoms with Gasteiger partial charge in [0.1, 0.15) is 0 Å². The molecule has 0 bridgehead atoms. The average Bonchev–Trinajstić information content (AvgIpc) is 3.19. The van der Waals surface area contributed by atoms with E-state index in [-0.39, 0.29) is 6.04 Å². The zero-order chi connectivity index (χ0) is 13.9. The molecule has 0 aliphatic heterocycles. The second-order valence-corrected chi connectivity index (χ2v) is 6.31. The van der Waals surface area contributed by atoms with Gasteiger partial charge < -0.3 is 5.73 Å². The molecule has 1 atom stereocenters. The van der Waals surface area contributed by atoms with Crippen LogP contribution in [0.15, 0.2) is 35.2 Å². The standard InChI is InChI=1S/C16H21N3S/c1-19(9-15-10-20-11-18-15)16(8-17)14-4-2-3-13(7-14)12-5-6-12/h2-4,7,10-12,16H,5-6,8-9,17H2,1H3. The van der Waals surface area contributed by atoms with Crippen molar-refractivity contribution in [2.24, 2.45) is 5.73 Å². The van der Waals surface area contributed by atoms with Crippen LogP contribution in [0.25, 0.3) is 0 Å². The lowest BCUT2D eigenvalue weighted by Crippen LogP contribution is -2.30. The summed E-state index contributed by atoms with van der Waals surface area (Å²) >= 11 is 1.64. The van der Waals surface area contributed by atoms with E-state index in [1.54, 1.807) is 11.3 Å². The molecule has 1 aromatic carbocycles. The lowest BCUT2D eigenvalue weighted by Gasteiger charge is -2.27. The van der Waals surface area contributed by atoms with Crippen LogP contribution in [0.3, 0.4) is 0 Å². The van der Waals surface area contributed by atoms with Gasteiger partial charge in [0.05, 0.1) is 11.2 Å². The Morgan fingerprint density at radius 3 is 2.95 bits per heavy atom. The molecule has 3 rings (SSSR count). The first kappa shape index (κ1) is 13.7. The Kier molecular flexibility index (Phi) is 4.15. The first-order valence-corrected chi connectivity index (χ1v) is 8.09. The Bertz CT molecular complexity index is 549. The van der Waals surface area contributed by atoms with Gasteiger partial charge in [0.15, 0.2) is 0 Å². The molecule has 0 radical (unpaired) electrons. The molecule has 1 aromatic heterocycles. The minimum Gasteiger partial charge on any atom is -0.329 e. The summed E-state index contributed by atoms with van der Waals surface area (Å²) in [7, 11) is 2.13. The zero-order valence-corrected chi connectivity index (χ0v) is 12.6. The van der Waals surface area contributed by atoms with E-state index in [4.69, 9.17) is 5.73 Å². The third kappa shape index (κ3) is 3.08. The molecule has 2 N–H and O–H groups in total. The number of hydrogen-bond acceptors (Lipinski definition) is 4. The highest BCUT2D eigenvalue weighted by Crippen LogP contribution is 2.40. The van der Waals surface area contributed by atoms with Gasteiger partial charge in [-0.1, -0.05) is 24.3 Å². The van der Waals surface area contributed by atoms with Crippen molar-refractivity contribution in [3.63, 3.8) is 0 Å². The van der Waals surface area contributed by atoms with Gasteiger partial charge >= 0.3 is 0 Å². The molecule has 1 aliphatic carbocycles. The predicted molar refractivity (Wildman–Crippen MR) is 83.8 cm³/mol. The molecular weight excluding hydrogens is 266 g/mol. The topological polar surface area (TPSA) is 42.2 Å². The number of aromatic nitrogens is 1. The van der Waals surface area contributed by atoms with Gasteiger partial charge in [-0.3, -0.25) is 4.90 Å². The minimum atomic E-state index is 0.260. The van der Waals surface area contributed by atoms with E-state index in [9.17, 15) is 0 Å². The Labute approximate surface area is 124 Å². The number of hydrogen-bond donors (Lipinski definition) is 1. The second kappa shape index (κ2) is 6.04. The molecule has 1 heterocycles. The van der Waals surface area contributed by atoms with Crippen LogP contribution in [0.2, 0.25) is 0 Å². The van der Waals surface area contributed by atoms with Crippen LogP contribution in [0.4, 0.5) is 0 Å². The van der Waals surface area contributed by atoms with Crippen molar-refractivity contribution in [2.75, 3.05) is 13.6 Å². The normalized spacial score (nSPS) is 16.6. The van der Waals surface area contributed by atoms with Crippen LogP contribution in [0.1, 0.15) is 41.6 Å².